The molecular weight excluding hydrogens is 365 g/mol. The van der Waals surface area contributed by atoms with Crippen molar-refractivity contribution >= 4 is 40.9 Å². The van der Waals surface area contributed by atoms with E-state index in [1.807, 2.05) is 0 Å². The third kappa shape index (κ3) is 3.45. The molecule has 0 radical (unpaired) electrons. The van der Waals surface area contributed by atoms with Crippen molar-refractivity contribution < 1.29 is 13.9 Å². The molecule has 6 nitrogen and oxygen atoms in total. The zero-order chi connectivity index (χ0) is 18.0. The van der Waals surface area contributed by atoms with Gasteiger partial charge in [0.2, 0.25) is 5.88 Å². The van der Waals surface area contributed by atoms with Crippen molar-refractivity contribution in [2.24, 2.45) is 0 Å². The Morgan fingerprint density at radius 3 is 2.48 bits per heavy atom. The lowest BCUT2D eigenvalue weighted by atomic mass is 10.2. The third-order valence-corrected chi connectivity index (χ3v) is 4.07. The lowest BCUT2D eigenvalue weighted by Gasteiger charge is -2.18. The minimum atomic E-state index is -0.656. The molecule has 0 atom stereocenters. The van der Waals surface area contributed by atoms with Crippen LogP contribution >= 0.6 is 23.2 Å². The van der Waals surface area contributed by atoms with E-state index in [-0.39, 0.29) is 10.7 Å². The summed E-state index contributed by atoms with van der Waals surface area (Å²) in [7, 11) is 2.98. The number of methoxy groups -OCH3 is 1. The largest absolute Gasteiger partial charge is 0.464 e. The molecule has 8 heteroatoms. The van der Waals surface area contributed by atoms with Gasteiger partial charge < -0.3 is 9.15 Å². The number of hydrogen-bond acceptors (Lipinski definition) is 6. The molecule has 0 N–H and O–H groups in total. The van der Waals surface area contributed by atoms with Crippen molar-refractivity contribution in [3.05, 3.63) is 58.4 Å². The average Bonchev–Trinajstić information content (AvgIpc) is 3.16. The number of furan rings is 1. The van der Waals surface area contributed by atoms with E-state index in [1.54, 1.807) is 48.3 Å². The van der Waals surface area contributed by atoms with Gasteiger partial charge in [0, 0.05) is 23.7 Å². The van der Waals surface area contributed by atoms with E-state index >= 15 is 0 Å². The molecule has 0 fully saturated rings. The number of halogens is 2. The van der Waals surface area contributed by atoms with Gasteiger partial charge in [-0.15, -0.1) is 0 Å². The van der Waals surface area contributed by atoms with Gasteiger partial charge in [-0.05, 0) is 30.3 Å². The van der Waals surface area contributed by atoms with E-state index in [9.17, 15) is 4.79 Å². The van der Waals surface area contributed by atoms with E-state index in [2.05, 4.69) is 9.97 Å². The number of rotatable bonds is 4. The van der Waals surface area contributed by atoms with Crippen molar-refractivity contribution in [1.29, 1.82) is 0 Å². The second kappa shape index (κ2) is 7.13. The molecule has 3 aromatic rings. The molecule has 25 heavy (non-hydrogen) atoms. The smallest absolute Gasteiger partial charge is 0.358 e. The number of nitrogens with zero attached hydrogens (tertiary/aromatic N) is 3. The molecule has 0 aliphatic rings. The fraction of sp³-hybridized carbons (Fsp3) is 0.118. The van der Waals surface area contributed by atoms with Crippen molar-refractivity contribution in [2.45, 2.75) is 0 Å². The number of esters is 1. The highest BCUT2D eigenvalue weighted by Gasteiger charge is 2.23. The van der Waals surface area contributed by atoms with Crippen LogP contribution in [0.15, 0.2) is 47.1 Å². The molecule has 2 heterocycles. The zero-order valence-electron chi connectivity index (χ0n) is 13.4. The molecular formula is C17H13Cl2N3O3. The van der Waals surface area contributed by atoms with Crippen LogP contribution in [0.25, 0.3) is 11.4 Å². The van der Waals surface area contributed by atoms with Crippen LogP contribution in [0, 0.1) is 0 Å². The number of hydrogen-bond donors (Lipinski definition) is 0. The Kier molecular flexibility index (Phi) is 4.92. The SMILES string of the molecule is COC(=O)c1nc(-c2ccc(Cl)cc2)nc(N(C)c2ccco2)c1Cl. The lowest BCUT2D eigenvalue weighted by Crippen LogP contribution is -2.16. The van der Waals surface area contributed by atoms with Crippen LogP contribution in [0.5, 0.6) is 0 Å². The van der Waals surface area contributed by atoms with Gasteiger partial charge in [0.15, 0.2) is 17.3 Å². The van der Waals surface area contributed by atoms with Gasteiger partial charge in [-0.2, -0.15) is 0 Å². The van der Waals surface area contributed by atoms with E-state index in [0.29, 0.717) is 28.1 Å². The first kappa shape index (κ1) is 17.3. The molecule has 128 valence electrons. The van der Waals surface area contributed by atoms with Gasteiger partial charge in [0.05, 0.1) is 13.4 Å². The summed E-state index contributed by atoms with van der Waals surface area (Å²) in [5, 5.41) is 0.655. The van der Waals surface area contributed by atoms with E-state index in [1.165, 1.54) is 13.4 Å². The Morgan fingerprint density at radius 1 is 1.16 bits per heavy atom. The normalized spacial score (nSPS) is 10.6. The number of benzene rings is 1. The summed E-state index contributed by atoms with van der Waals surface area (Å²) in [5.74, 6) is 0.488. The van der Waals surface area contributed by atoms with Crippen LogP contribution in [0.3, 0.4) is 0 Å². The standard InChI is InChI=1S/C17H13Cl2N3O3/c1-22(12-4-3-9-25-12)16-13(19)14(17(23)24-2)20-15(21-16)10-5-7-11(18)8-6-10/h3-9H,1-2H3. The summed E-state index contributed by atoms with van der Waals surface area (Å²) in [5.41, 5.74) is 0.651. The second-order valence-corrected chi connectivity index (χ2v) is 5.86. The molecule has 0 aliphatic carbocycles. The molecule has 0 bridgehead atoms. The number of anilines is 2. The van der Waals surface area contributed by atoms with Gasteiger partial charge in [-0.1, -0.05) is 23.2 Å². The maximum absolute atomic E-state index is 12.1. The summed E-state index contributed by atoms with van der Waals surface area (Å²) in [6.45, 7) is 0. The Balaban J connectivity index is 2.18. The monoisotopic (exact) mass is 377 g/mol. The maximum atomic E-state index is 12.1. The van der Waals surface area contributed by atoms with Crippen LogP contribution in [-0.2, 0) is 4.74 Å². The topological polar surface area (TPSA) is 68.5 Å². The number of aromatic nitrogens is 2. The minimum absolute atomic E-state index is 0.0301. The van der Waals surface area contributed by atoms with Crippen LogP contribution in [0.4, 0.5) is 11.7 Å². The maximum Gasteiger partial charge on any atom is 0.358 e. The summed E-state index contributed by atoms with van der Waals surface area (Å²) < 4.78 is 10.1. The van der Waals surface area contributed by atoms with Gasteiger partial charge in [-0.25, -0.2) is 14.8 Å². The van der Waals surface area contributed by atoms with E-state index < -0.39 is 5.97 Å². The molecule has 0 saturated heterocycles. The van der Waals surface area contributed by atoms with Gasteiger partial charge in [0.25, 0.3) is 0 Å². The number of carbonyl (C=O) groups excluding carboxylic acids is 1. The predicted molar refractivity (Wildman–Crippen MR) is 95.6 cm³/mol. The molecule has 2 aromatic heterocycles. The van der Waals surface area contributed by atoms with Crippen LogP contribution < -0.4 is 4.90 Å². The second-order valence-electron chi connectivity index (χ2n) is 5.04. The highest BCUT2D eigenvalue weighted by atomic mass is 35.5. The third-order valence-electron chi connectivity index (χ3n) is 3.47. The number of carbonyl (C=O) groups is 1. The van der Waals surface area contributed by atoms with Gasteiger partial charge >= 0.3 is 5.97 Å². The van der Waals surface area contributed by atoms with Crippen LogP contribution in [0.1, 0.15) is 10.5 Å². The Labute approximate surface area is 154 Å². The highest BCUT2D eigenvalue weighted by Crippen LogP contribution is 2.33. The first-order valence-electron chi connectivity index (χ1n) is 7.20. The van der Waals surface area contributed by atoms with Crippen molar-refractivity contribution in [3.8, 4) is 11.4 Å². The summed E-state index contributed by atoms with van der Waals surface area (Å²) in [6.07, 6.45) is 1.53. The predicted octanol–water partition coefficient (Wildman–Crippen LogP) is 4.60. The molecule has 0 spiro atoms. The average molecular weight is 378 g/mol. The van der Waals surface area contributed by atoms with Crippen LogP contribution in [-0.4, -0.2) is 30.1 Å². The summed E-state index contributed by atoms with van der Waals surface area (Å²) in [6, 6.07) is 10.4. The Bertz CT molecular complexity index is 896. The lowest BCUT2D eigenvalue weighted by molar-refractivity contribution is 0.0594. The Hall–Kier alpha value is -2.57. The molecule has 0 aliphatic heterocycles. The van der Waals surface area contributed by atoms with E-state index in [0.717, 1.165) is 0 Å². The van der Waals surface area contributed by atoms with E-state index in [4.69, 9.17) is 32.4 Å². The minimum Gasteiger partial charge on any atom is -0.464 e. The number of ether oxygens (including phenoxy) is 1. The fourth-order valence-electron chi connectivity index (χ4n) is 2.18. The summed E-state index contributed by atoms with van der Waals surface area (Å²) in [4.78, 5) is 22.4. The first-order valence-corrected chi connectivity index (χ1v) is 7.96. The molecule has 1 aromatic carbocycles. The zero-order valence-corrected chi connectivity index (χ0v) is 14.9. The van der Waals surface area contributed by atoms with Crippen molar-refractivity contribution in [1.82, 2.24) is 9.97 Å². The summed E-state index contributed by atoms with van der Waals surface area (Å²) >= 11 is 12.3. The van der Waals surface area contributed by atoms with Crippen LogP contribution in [0.2, 0.25) is 10.0 Å². The van der Waals surface area contributed by atoms with Gasteiger partial charge in [0.1, 0.15) is 5.02 Å². The Morgan fingerprint density at radius 2 is 1.88 bits per heavy atom. The molecule has 0 unspecified atom stereocenters. The van der Waals surface area contributed by atoms with Gasteiger partial charge in [-0.3, -0.25) is 4.90 Å². The molecule has 0 amide bonds. The molecule has 0 saturated carbocycles. The van der Waals surface area contributed by atoms with Crippen molar-refractivity contribution in [3.63, 3.8) is 0 Å². The molecule has 3 rings (SSSR count). The fourth-order valence-corrected chi connectivity index (χ4v) is 2.60. The highest BCUT2D eigenvalue weighted by molar-refractivity contribution is 6.35. The quantitative estimate of drug-likeness (QED) is 0.618. The first-order chi connectivity index (χ1) is 12.0. The van der Waals surface area contributed by atoms with Crippen molar-refractivity contribution in [2.75, 3.05) is 19.1 Å².